The van der Waals surface area contributed by atoms with E-state index < -0.39 is 6.16 Å². The van der Waals surface area contributed by atoms with Gasteiger partial charge in [-0.2, -0.15) is 0 Å². The van der Waals surface area contributed by atoms with Crippen LogP contribution in [-0.2, 0) is 0 Å². The third kappa shape index (κ3) is 67.7. The third-order valence-corrected chi connectivity index (χ3v) is 0. The van der Waals surface area contributed by atoms with Gasteiger partial charge in [-0.25, -0.2) is 0 Å². The minimum absolute atomic E-state index is 0. The van der Waals surface area contributed by atoms with E-state index >= 15 is 0 Å². The standard InChI is InChI=1S/CH2O3.2K.2Li.2Na.4H/c2-1(3)4;;;;;;;;;;/h(H2,2,3,4);;;;;;;;;;/q;2*+1;;;;;;;;/p-2. The monoisotopic (exact) mass is 202 g/mol. The Morgan fingerprint density at radius 3 is 0.900 bits per heavy atom. The molecule has 0 saturated heterocycles. The van der Waals surface area contributed by atoms with Gasteiger partial charge in [-0.15, -0.1) is 0 Å². The molecule has 0 aliphatic rings. The van der Waals surface area contributed by atoms with Gasteiger partial charge in [0.15, 0.2) is 0 Å². The second-order valence-corrected chi connectivity index (χ2v) is 0.250. The third-order valence-electron chi connectivity index (χ3n) is 0. The fraction of sp³-hybridized carbons (Fsp3) is 0. The van der Waals surface area contributed by atoms with Crippen LogP contribution in [0.25, 0.3) is 0 Å². The van der Waals surface area contributed by atoms with Crippen molar-refractivity contribution in [2.24, 2.45) is 0 Å². The Balaban J connectivity index is -0.00000000300. The van der Waals surface area contributed by atoms with Gasteiger partial charge < -0.3 is 15.0 Å². The topological polar surface area (TPSA) is 63.2 Å². The predicted octanol–water partition coefficient (Wildman–Crippen LogP) is -11.0. The molecule has 32 valence electrons. The van der Waals surface area contributed by atoms with Crippen LogP contribution in [0.3, 0.4) is 0 Å². The fourth-order valence-corrected chi connectivity index (χ4v) is 0. The summed E-state index contributed by atoms with van der Waals surface area (Å²) < 4.78 is 0. The molecule has 0 fully saturated rings. The van der Waals surface area contributed by atoms with Gasteiger partial charge >= 0.3 is 200 Å². The molecule has 0 aliphatic carbocycles. The summed E-state index contributed by atoms with van der Waals surface area (Å²) in [6.45, 7) is 0. The van der Waals surface area contributed by atoms with Crippen molar-refractivity contribution >= 4 is 103 Å². The van der Waals surface area contributed by atoms with Gasteiger partial charge in [-0.3, -0.25) is 0 Å². The van der Waals surface area contributed by atoms with Gasteiger partial charge in [-0.1, -0.05) is 0 Å². The molecule has 0 atom stereocenters. The van der Waals surface area contributed by atoms with Crippen LogP contribution in [0.5, 0.6) is 0 Å². The fourth-order valence-electron chi connectivity index (χ4n) is 0. The van der Waals surface area contributed by atoms with Crippen LogP contribution in [0.2, 0.25) is 0 Å². The number of hydrogen-bond acceptors (Lipinski definition) is 3. The molecule has 3 nitrogen and oxygen atoms in total. The van der Waals surface area contributed by atoms with Crippen molar-refractivity contribution in [2.75, 3.05) is 0 Å². The van der Waals surface area contributed by atoms with Crippen LogP contribution < -0.4 is 113 Å². The summed E-state index contributed by atoms with van der Waals surface area (Å²) in [7, 11) is 0. The Bertz CT molecular complexity index is 45.5. The van der Waals surface area contributed by atoms with Crippen LogP contribution >= 0.6 is 0 Å². The van der Waals surface area contributed by atoms with E-state index in [4.69, 9.17) is 15.0 Å². The van der Waals surface area contributed by atoms with E-state index in [1.54, 1.807) is 0 Å². The van der Waals surface area contributed by atoms with E-state index in [-0.39, 0.29) is 200 Å². The van der Waals surface area contributed by atoms with E-state index in [2.05, 4.69) is 0 Å². The summed E-state index contributed by atoms with van der Waals surface area (Å²) in [4.78, 5) is 8.33. The molecule has 0 amide bonds. The molecule has 0 aliphatic heterocycles. The van der Waals surface area contributed by atoms with Gasteiger partial charge in [0.25, 0.3) is 0 Å². The minimum atomic E-state index is -2.33. The first-order chi connectivity index (χ1) is 1.73. The van der Waals surface area contributed by atoms with Gasteiger partial charge in [0.2, 0.25) is 0 Å². The number of rotatable bonds is 0. The SMILES string of the molecule is O=C([O-])[O-].[K+].[K+].[LiH].[LiH].[NaH].[NaH]. The van der Waals surface area contributed by atoms with E-state index in [9.17, 15) is 0 Å². The second-order valence-electron chi connectivity index (χ2n) is 0.250. The molecule has 0 N–H and O–H groups in total. The molecular weight excluding hydrogens is 198 g/mol. The summed E-state index contributed by atoms with van der Waals surface area (Å²) in [5, 5.41) is 16.7. The molecule has 0 heterocycles. The first-order valence-corrected chi connectivity index (χ1v) is 0.612. The predicted molar refractivity (Wildman–Crippen MR) is 34.0 cm³/mol. The number of carboxylic acid groups (broad SMARTS) is 2. The summed E-state index contributed by atoms with van der Waals surface area (Å²) in [5.74, 6) is 0. The molecule has 0 spiro atoms. The maximum absolute atomic E-state index is 8.33. The zero-order chi connectivity index (χ0) is 3.58. The Morgan fingerprint density at radius 1 is 0.900 bits per heavy atom. The zero-order valence-electron chi connectivity index (χ0n) is 3.72. The Labute approximate surface area is 214 Å². The van der Waals surface area contributed by atoms with Crippen molar-refractivity contribution in [3.05, 3.63) is 0 Å². The molecular formula is CH4K2Li2Na2O3. The zero-order valence-corrected chi connectivity index (χ0v) is 9.97. The number of carbonyl (C=O) groups excluding carboxylic acids is 1. The van der Waals surface area contributed by atoms with Crippen molar-refractivity contribution in [1.82, 2.24) is 0 Å². The first kappa shape index (κ1) is 44.8. The Morgan fingerprint density at radius 2 is 0.900 bits per heavy atom. The quantitative estimate of drug-likeness (QED) is 0.366. The molecule has 0 aromatic heterocycles. The summed E-state index contributed by atoms with van der Waals surface area (Å²) >= 11 is 0. The number of carbonyl (C=O) groups is 1. The van der Waals surface area contributed by atoms with Crippen molar-refractivity contribution < 1.29 is 118 Å². The van der Waals surface area contributed by atoms with Gasteiger partial charge in [0.1, 0.15) is 0 Å². The molecule has 0 radical (unpaired) electrons. The van der Waals surface area contributed by atoms with E-state index in [1.165, 1.54) is 0 Å². The molecule has 10 heavy (non-hydrogen) atoms. The molecule has 0 saturated carbocycles. The van der Waals surface area contributed by atoms with Crippen LogP contribution in [0.4, 0.5) is 4.79 Å². The van der Waals surface area contributed by atoms with Crippen LogP contribution in [0.1, 0.15) is 0 Å². The van der Waals surface area contributed by atoms with E-state index in [1.807, 2.05) is 0 Å². The molecule has 9 heteroatoms. The Kier molecular flexibility index (Phi) is 163. The van der Waals surface area contributed by atoms with Crippen LogP contribution in [-0.4, -0.2) is 103 Å². The molecule has 0 unspecified atom stereocenters. The van der Waals surface area contributed by atoms with Crippen LogP contribution in [0.15, 0.2) is 0 Å². The van der Waals surface area contributed by atoms with Gasteiger partial charge in [-0.05, 0) is 6.16 Å². The number of hydrogen-bond donors (Lipinski definition) is 0. The van der Waals surface area contributed by atoms with Crippen molar-refractivity contribution in [2.45, 2.75) is 0 Å². The summed E-state index contributed by atoms with van der Waals surface area (Å²) in [6.07, 6.45) is -2.33. The van der Waals surface area contributed by atoms with Gasteiger partial charge in [0, 0.05) is 0 Å². The van der Waals surface area contributed by atoms with Crippen molar-refractivity contribution in [3.8, 4) is 0 Å². The van der Waals surface area contributed by atoms with E-state index in [0.717, 1.165) is 0 Å². The average Bonchev–Trinajstić information content (AvgIpc) is 0.811. The van der Waals surface area contributed by atoms with Crippen molar-refractivity contribution in [1.29, 1.82) is 0 Å². The van der Waals surface area contributed by atoms with E-state index in [0.29, 0.717) is 0 Å². The maximum atomic E-state index is 8.33. The normalized spacial score (nSPS) is 2.40. The average molecular weight is 202 g/mol. The molecule has 0 bridgehead atoms. The first-order valence-electron chi connectivity index (χ1n) is 0.612. The summed E-state index contributed by atoms with van der Waals surface area (Å²) in [6, 6.07) is 0. The van der Waals surface area contributed by atoms with Crippen LogP contribution in [0, 0.1) is 0 Å². The molecule has 0 rings (SSSR count). The summed E-state index contributed by atoms with van der Waals surface area (Å²) in [5.41, 5.74) is 0. The molecule has 0 aromatic rings. The Hall–Kier alpha value is 5.74. The van der Waals surface area contributed by atoms with Crippen molar-refractivity contribution in [3.63, 3.8) is 0 Å². The second kappa shape index (κ2) is 36.4. The molecule has 0 aromatic carbocycles. The van der Waals surface area contributed by atoms with Gasteiger partial charge in [0.05, 0.1) is 0 Å².